The molecule has 4 heterocycles. The van der Waals surface area contributed by atoms with Crippen LogP contribution in [0.1, 0.15) is 99.8 Å². The normalized spacial score (nSPS) is 42.8. The summed E-state index contributed by atoms with van der Waals surface area (Å²) in [6.45, 7) is 12.0. The van der Waals surface area contributed by atoms with Crippen molar-refractivity contribution in [3.8, 4) is 0 Å². The maximum absolute atomic E-state index is 13.1. The van der Waals surface area contributed by atoms with Gasteiger partial charge >= 0.3 is 251 Å². The number of hydrogen-bond donors (Lipinski definition) is 5. The molecule has 11 unspecified atom stereocenters. The number of esters is 1. The molecule has 0 amide bonds. The van der Waals surface area contributed by atoms with Crippen molar-refractivity contribution in [2.75, 3.05) is 4.93 Å². The summed E-state index contributed by atoms with van der Waals surface area (Å²) in [7, 11) is 0. The van der Waals surface area contributed by atoms with Gasteiger partial charge in [-0.1, -0.05) is 0 Å². The van der Waals surface area contributed by atoms with Crippen LogP contribution >= 0.6 is 0 Å². The van der Waals surface area contributed by atoms with Gasteiger partial charge in [0.1, 0.15) is 6.10 Å². The Morgan fingerprint density at radius 3 is 2.34 bits per heavy atom. The van der Waals surface area contributed by atoms with E-state index in [2.05, 4.69) is 0 Å². The van der Waals surface area contributed by atoms with Crippen molar-refractivity contribution < 1.29 is 78.8 Å². The van der Waals surface area contributed by atoms with E-state index in [9.17, 15) is 35.1 Å². The summed E-state index contributed by atoms with van der Waals surface area (Å²) in [6.07, 6.45) is 0.452. The number of ether oxygens (including phenoxy) is 4. The van der Waals surface area contributed by atoms with E-state index in [1.54, 1.807) is 19.9 Å². The predicted octanol–water partition coefficient (Wildman–Crippen LogP) is 0.167. The van der Waals surface area contributed by atoms with Gasteiger partial charge in [0.25, 0.3) is 0 Å². The van der Waals surface area contributed by atoms with E-state index in [0.29, 0.717) is 19.3 Å². The number of carbonyl (C=O) groups excluding carboxylic acids is 2. The molecule has 6 bridgehead atoms. The molecule has 4 rings (SSSR count). The molecule has 3 saturated heterocycles. The number of alkyl halides is 1. The number of aliphatic hydroxyl groups is 5. The molecule has 4 aliphatic heterocycles. The second-order valence-electron chi connectivity index (χ2n) is 15.6. The maximum atomic E-state index is 13.1. The summed E-state index contributed by atoms with van der Waals surface area (Å²) in [6, 6.07) is 0. The number of allylic oxidation sites excluding steroid dienone is 2. The van der Waals surface area contributed by atoms with E-state index in [-0.39, 0.29) is 43.1 Å². The van der Waals surface area contributed by atoms with Crippen LogP contribution in [0.3, 0.4) is 0 Å². The SMILES string of the molecule is C/C=C1\CC2/C=C/C(C)(C)C3(O)OC(C/C(=C\C(C)=O)C3O)CC(C(C)O)OC(=O)CC(O)CC3CC(O[I-]C)C(C)(C)C(O)(CC(C1)O2)O3. The van der Waals surface area contributed by atoms with Crippen molar-refractivity contribution in [1.82, 2.24) is 0 Å². The van der Waals surface area contributed by atoms with Crippen LogP contribution in [-0.2, 0) is 31.6 Å². The van der Waals surface area contributed by atoms with Crippen molar-refractivity contribution in [2.24, 2.45) is 10.8 Å². The molecule has 50 heavy (non-hydrogen) atoms. The molecule has 3 fully saturated rings. The number of cyclic esters (lactones) is 1. The van der Waals surface area contributed by atoms with Crippen molar-refractivity contribution in [2.45, 2.75) is 166 Å². The van der Waals surface area contributed by atoms with E-state index in [4.69, 9.17) is 22.0 Å². The van der Waals surface area contributed by atoms with Crippen molar-refractivity contribution in [3.63, 3.8) is 0 Å². The Balaban J connectivity index is 1.78. The Morgan fingerprint density at radius 1 is 1.02 bits per heavy atom. The number of rotatable bonds is 4. The van der Waals surface area contributed by atoms with E-state index in [1.165, 1.54) is 19.9 Å². The Hall–Kier alpha value is -1.27. The third-order valence-electron chi connectivity index (χ3n) is 10.9. The molecular weight excluding hydrogens is 763 g/mol. The minimum atomic E-state index is -2.23. The van der Waals surface area contributed by atoms with Gasteiger partial charge in [-0.15, -0.1) is 0 Å². The second kappa shape index (κ2) is 16.4. The third kappa shape index (κ3) is 9.26. The van der Waals surface area contributed by atoms with Gasteiger partial charge in [-0.2, -0.15) is 0 Å². The number of fused-ring (bicyclic) bond motifs is 6. The summed E-state index contributed by atoms with van der Waals surface area (Å²) >= 11 is -0.609. The van der Waals surface area contributed by atoms with E-state index in [0.717, 1.165) is 5.57 Å². The van der Waals surface area contributed by atoms with Crippen LogP contribution in [0, 0.1) is 10.8 Å². The first kappa shape index (κ1) is 41.5. The minimum absolute atomic E-state index is 0.0384. The molecule has 286 valence electrons. The molecule has 5 N–H and O–H groups in total. The Morgan fingerprint density at radius 2 is 1.72 bits per heavy atom. The van der Waals surface area contributed by atoms with Gasteiger partial charge in [0, 0.05) is 0 Å². The average Bonchev–Trinajstić information content (AvgIpc) is 3.00. The zero-order chi connectivity index (χ0) is 37.2. The van der Waals surface area contributed by atoms with Crippen LogP contribution in [0.25, 0.3) is 0 Å². The fraction of sp³-hybridized carbons (Fsp3) is 0.784. The van der Waals surface area contributed by atoms with Gasteiger partial charge in [-0.25, -0.2) is 0 Å². The van der Waals surface area contributed by atoms with Crippen LogP contribution in [0.15, 0.2) is 35.5 Å². The zero-order valence-electron chi connectivity index (χ0n) is 30.6. The number of hydrogen-bond acceptors (Lipinski definition) is 12. The second-order valence-corrected chi connectivity index (χ2v) is 17.0. The Bertz CT molecular complexity index is 1310. The summed E-state index contributed by atoms with van der Waals surface area (Å²) in [5.41, 5.74) is -0.711. The average molecular weight is 822 g/mol. The first-order valence-electron chi connectivity index (χ1n) is 17.6. The molecular formula is C37H58IO12-. The Kier molecular flexibility index (Phi) is 13.6. The topological polar surface area (TPSA) is 181 Å². The molecule has 0 spiro atoms. The summed E-state index contributed by atoms with van der Waals surface area (Å²) < 4.78 is 31.1. The van der Waals surface area contributed by atoms with Gasteiger partial charge < -0.3 is 14.9 Å². The molecule has 0 aromatic heterocycles. The summed E-state index contributed by atoms with van der Waals surface area (Å²) in [5, 5.41) is 57.6. The monoisotopic (exact) mass is 821 g/mol. The first-order valence-corrected chi connectivity index (χ1v) is 20.7. The zero-order valence-corrected chi connectivity index (χ0v) is 32.8. The molecule has 13 heteroatoms. The van der Waals surface area contributed by atoms with E-state index >= 15 is 0 Å². The molecule has 0 radical (unpaired) electrons. The van der Waals surface area contributed by atoms with Crippen LogP contribution in [0.2, 0.25) is 0 Å². The molecule has 4 aliphatic rings. The number of aliphatic hydroxyl groups excluding tert-OH is 3. The van der Waals surface area contributed by atoms with Crippen molar-refractivity contribution in [1.29, 1.82) is 0 Å². The standard InChI is InChI=1S/C37H58IO12/c1-9-23-13-26-10-11-34(4,5)37(45)33(43)24(12-21(2)39)15-27(49-37)18-30(22(3)40)47-32(42)17-25(41)16-28-19-31(50-38-8)35(6,7)36(44,48-28)20-29(14-23)46-26/h9-12,22,25-31,33,40-41,43-45H,13-20H2,1-8H3/q-1/b11-10+,23-9+,24-12+. The van der Waals surface area contributed by atoms with Gasteiger partial charge in [-0.05, 0) is 25.0 Å². The van der Waals surface area contributed by atoms with Crippen LogP contribution < -0.4 is 21.6 Å². The first-order chi connectivity index (χ1) is 23.2. The number of carbonyl (C=O) groups is 2. The van der Waals surface area contributed by atoms with E-state index in [1.807, 2.05) is 37.9 Å². The Labute approximate surface area is 307 Å². The van der Waals surface area contributed by atoms with Crippen LogP contribution in [0.4, 0.5) is 0 Å². The molecule has 0 aromatic rings. The van der Waals surface area contributed by atoms with Crippen LogP contribution in [-0.4, -0.2) is 109 Å². The molecule has 0 saturated carbocycles. The fourth-order valence-corrected chi connectivity index (χ4v) is 9.07. The molecule has 11 atom stereocenters. The summed E-state index contributed by atoms with van der Waals surface area (Å²) in [4.78, 5) is 27.3. The fourth-order valence-electron chi connectivity index (χ4n) is 7.61. The third-order valence-corrected chi connectivity index (χ3v) is 12.0. The van der Waals surface area contributed by atoms with Gasteiger partial charge in [0.2, 0.25) is 0 Å². The molecule has 0 aromatic carbocycles. The summed E-state index contributed by atoms with van der Waals surface area (Å²) in [5.74, 6) is -5.00. The van der Waals surface area contributed by atoms with Gasteiger partial charge in [0.05, 0.1) is 0 Å². The van der Waals surface area contributed by atoms with Crippen molar-refractivity contribution in [3.05, 3.63) is 35.5 Å². The van der Waals surface area contributed by atoms with Crippen LogP contribution in [0.5, 0.6) is 0 Å². The quantitative estimate of drug-likeness (QED) is 0.0855. The van der Waals surface area contributed by atoms with Gasteiger partial charge in [0.15, 0.2) is 5.78 Å². The molecule has 0 aliphatic carbocycles. The van der Waals surface area contributed by atoms with Gasteiger partial charge in [-0.3, -0.25) is 4.79 Å². The van der Waals surface area contributed by atoms with E-state index < -0.39 is 105 Å². The predicted molar refractivity (Wildman–Crippen MR) is 179 cm³/mol. The number of ketones is 1. The van der Waals surface area contributed by atoms with Crippen molar-refractivity contribution >= 4 is 11.8 Å². The number of halogens is 1. The molecule has 12 nitrogen and oxygen atoms in total.